The Morgan fingerprint density at radius 1 is 1.23 bits per heavy atom. The van der Waals surface area contributed by atoms with Gasteiger partial charge in [0.05, 0.1) is 11.4 Å². The number of nitrogens with two attached hydrogens (primary N) is 1. The highest BCUT2D eigenvalue weighted by Gasteiger charge is 2.16. The normalized spacial score (nSPS) is 10.6. The predicted octanol–water partition coefficient (Wildman–Crippen LogP) is 3.80. The molecule has 0 aliphatic carbocycles. The van der Waals surface area contributed by atoms with Crippen molar-refractivity contribution in [2.24, 2.45) is 0 Å². The third-order valence-corrected chi connectivity index (χ3v) is 4.85. The van der Waals surface area contributed by atoms with Crippen molar-refractivity contribution in [3.8, 4) is 11.8 Å². The van der Waals surface area contributed by atoms with Crippen LogP contribution in [0.4, 0.5) is 10.2 Å². The minimum Gasteiger partial charge on any atom is -0.382 e. The van der Waals surface area contributed by atoms with E-state index in [1.165, 1.54) is 16.8 Å². The Hall–Kier alpha value is -3.37. The Labute approximate surface area is 179 Å². The molecule has 0 bridgehead atoms. The van der Waals surface area contributed by atoms with E-state index in [0.29, 0.717) is 54.2 Å². The fourth-order valence-electron chi connectivity index (χ4n) is 3.08. The van der Waals surface area contributed by atoms with Crippen LogP contribution in [0.1, 0.15) is 29.7 Å². The lowest BCUT2D eigenvalue weighted by atomic mass is 10.1. The van der Waals surface area contributed by atoms with E-state index in [4.69, 9.17) is 17.3 Å². The van der Waals surface area contributed by atoms with E-state index in [9.17, 15) is 14.4 Å². The maximum absolute atomic E-state index is 13.1. The number of halogens is 2. The second-order valence-corrected chi connectivity index (χ2v) is 7.23. The van der Waals surface area contributed by atoms with Crippen molar-refractivity contribution >= 4 is 23.3 Å². The molecular weight excluding hydrogens is 405 g/mol. The van der Waals surface area contributed by atoms with Crippen LogP contribution in [0.15, 0.2) is 48.5 Å². The summed E-state index contributed by atoms with van der Waals surface area (Å²) in [6, 6.07) is 15.2. The van der Waals surface area contributed by atoms with Gasteiger partial charge in [0.2, 0.25) is 5.91 Å². The molecule has 0 saturated carbocycles. The number of carbonyl (C=O) groups is 1. The van der Waals surface area contributed by atoms with Gasteiger partial charge in [-0.05, 0) is 61.2 Å². The molecule has 3 rings (SSSR count). The number of amides is 1. The number of nitrogens with one attached hydrogen (secondary N) is 1. The van der Waals surface area contributed by atoms with Crippen LogP contribution in [0.2, 0.25) is 5.02 Å². The van der Waals surface area contributed by atoms with Crippen LogP contribution in [0.5, 0.6) is 0 Å². The topological polar surface area (TPSA) is 96.7 Å². The fourth-order valence-corrected chi connectivity index (χ4v) is 3.29. The average molecular weight is 426 g/mol. The molecule has 3 N–H and O–H groups in total. The maximum atomic E-state index is 13.1. The molecule has 8 heteroatoms. The standard InChI is InChI=1S/C22H21ClFN5O/c23-16-4-1-3-15(13-16)6-11-21(30)27-12-2-5-20-19(14-25)22(26)29(28-20)18-9-7-17(24)8-10-18/h1,3-4,7-10,13H,2,5-6,11-12,26H2,(H,27,30). The molecular formula is C22H21ClFN5O. The summed E-state index contributed by atoms with van der Waals surface area (Å²) in [7, 11) is 0. The van der Waals surface area contributed by atoms with E-state index in [1.54, 1.807) is 18.2 Å². The largest absolute Gasteiger partial charge is 0.382 e. The number of rotatable bonds is 8. The third-order valence-electron chi connectivity index (χ3n) is 4.62. The lowest BCUT2D eigenvalue weighted by Gasteiger charge is -2.05. The van der Waals surface area contributed by atoms with Crippen molar-refractivity contribution < 1.29 is 9.18 Å². The van der Waals surface area contributed by atoms with Gasteiger partial charge >= 0.3 is 0 Å². The number of hydrogen-bond acceptors (Lipinski definition) is 4. The summed E-state index contributed by atoms with van der Waals surface area (Å²) < 4.78 is 14.6. The summed E-state index contributed by atoms with van der Waals surface area (Å²) >= 11 is 5.95. The quantitative estimate of drug-likeness (QED) is 0.536. The number of nitrogens with zero attached hydrogens (tertiary/aromatic N) is 3. The van der Waals surface area contributed by atoms with Gasteiger partial charge in [0.25, 0.3) is 0 Å². The first kappa shape index (κ1) is 21.3. The molecule has 1 amide bonds. The third kappa shape index (κ3) is 5.37. The average Bonchev–Trinajstić information content (AvgIpc) is 3.05. The van der Waals surface area contributed by atoms with Crippen LogP contribution in [0.3, 0.4) is 0 Å². The van der Waals surface area contributed by atoms with Gasteiger partial charge in [-0.25, -0.2) is 9.07 Å². The second kappa shape index (κ2) is 9.90. The van der Waals surface area contributed by atoms with Gasteiger partial charge in [0.15, 0.2) is 0 Å². The lowest BCUT2D eigenvalue weighted by molar-refractivity contribution is -0.121. The number of nitriles is 1. The van der Waals surface area contributed by atoms with Crippen LogP contribution in [0, 0.1) is 17.1 Å². The van der Waals surface area contributed by atoms with Crippen molar-refractivity contribution in [1.29, 1.82) is 5.26 Å². The zero-order chi connectivity index (χ0) is 21.5. The molecule has 0 saturated heterocycles. The van der Waals surface area contributed by atoms with Crippen molar-refractivity contribution in [3.05, 3.63) is 76.2 Å². The van der Waals surface area contributed by atoms with E-state index in [2.05, 4.69) is 16.5 Å². The summed E-state index contributed by atoms with van der Waals surface area (Å²) in [5.74, 6) is -0.201. The van der Waals surface area contributed by atoms with Crippen molar-refractivity contribution in [2.45, 2.75) is 25.7 Å². The Bertz CT molecular complexity index is 1070. The van der Waals surface area contributed by atoms with Gasteiger partial charge in [-0.1, -0.05) is 23.7 Å². The number of nitrogen functional groups attached to an aromatic ring is 1. The van der Waals surface area contributed by atoms with Crippen LogP contribution >= 0.6 is 11.6 Å². The SMILES string of the molecule is N#Cc1c(CCCNC(=O)CCc2cccc(Cl)c2)nn(-c2ccc(F)cc2)c1N. The molecule has 6 nitrogen and oxygen atoms in total. The van der Waals surface area contributed by atoms with Gasteiger partial charge < -0.3 is 11.1 Å². The van der Waals surface area contributed by atoms with E-state index in [-0.39, 0.29) is 17.5 Å². The first-order valence-corrected chi connectivity index (χ1v) is 9.90. The Morgan fingerprint density at radius 2 is 2.00 bits per heavy atom. The maximum Gasteiger partial charge on any atom is 0.220 e. The monoisotopic (exact) mass is 425 g/mol. The zero-order valence-electron chi connectivity index (χ0n) is 16.2. The van der Waals surface area contributed by atoms with E-state index in [0.717, 1.165) is 5.56 Å². The molecule has 30 heavy (non-hydrogen) atoms. The molecule has 0 atom stereocenters. The van der Waals surface area contributed by atoms with Gasteiger partial charge in [0.1, 0.15) is 23.3 Å². The van der Waals surface area contributed by atoms with E-state index < -0.39 is 0 Å². The molecule has 154 valence electrons. The molecule has 0 fully saturated rings. The number of aryl methyl sites for hydroxylation is 2. The van der Waals surface area contributed by atoms with Crippen molar-refractivity contribution in [2.75, 3.05) is 12.3 Å². The van der Waals surface area contributed by atoms with Crippen LogP contribution in [0.25, 0.3) is 5.69 Å². The zero-order valence-corrected chi connectivity index (χ0v) is 17.0. The predicted molar refractivity (Wildman–Crippen MR) is 114 cm³/mol. The number of benzene rings is 2. The summed E-state index contributed by atoms with van der Waals surface area (Å²) in [5, 5.41) is 17.4. The minimum absolute atomic E-state index is 0.0492. The van der Waals surface area contributed by atoms with E-state index in [1.807, 2.05) is 18.2 Å². The molecule has 3 aromatic rings. The summed E-state index contributed by atoms with van der Waals surface area (Å²) in [5.41, 5.74) is 8.48. The van der Waals surface area contributed by atoms with Crippen LogP contribution in [-0.4, -0.2) is 22.2 Å². The summed E-state index contributed by atoms with van der Waals surface area (Å²) in [6.45, 7) is 0.461. The molecule has 1 aromatic heterocycles. The smallest absolute Gasteiger partial charge is 0.220 e. The molecule has 0 aliphatic heterocycles. The number of anilines is 1. The number of carbonyl (C=O) groups excluding carboxylic acids is 1. The van der Waals surface area contributed by atoms with Gasteiger partial charge in [-0.15, -0.1) is 0 Å². The first-order chi connectivity index (χ1) is 14.5. The Balaban J connectivity index is 1.52. The molecule has 0 unspecified atom stereocenters. The summed E-state index contributed by atoms with van der Waals surface area (Å²) in [6.07, 6.45) is 2.08. The van der Waals surface area contributed by atoms with E-state index >= 15 is 0 Å². The second-order valence-electron chi connectivity index (χ2n) is 6.79. The van der Waals surface area contributed by atoms with Crippen LogP contribution in [-0.2, 0) is 17.6 Å². The van der Waals surface area contributed by atoms with Crippen molar-refractivity contribution in [1.82, 2.24) is 15.1 Å². The molecule has 0 aliphatic rings. The highest BCUT2D eigenvalue weighted by Crippen LogP contribution is 2.21. The fraction of sp³-hybridized carbons (Fsp3) is 0.227. The highest BCUT2D eigenvalue weighted by molar-refractivity contribution is 6.30. The lowest BCUT2D eigenvalue weighted by Crippen LogP contribution is -2.25. The Kier molecular flexibility index (Phi) is 7.04. The number of aromatic nitrogens is 2. The van der Waals surface area contributed by atoms with Gasteiger partial charge in [0, 0.05) is 18.0 Å². The van der Waals surface area contributed by atoms with Crippen LogP contribution < -0.4 is 11.1 Å². The molecule has 1 heterocycles. The number of hydrogen-bond donors (Lipinski definition) is 2. The molecule has 2 aromatic carbocycles. The minimum atomic E-state index is -0.365. The van der Waals surface area contributed by atoms with Gasteiger partial charge in [-0.2, -0.15) is 10.4 Å². The Morgan fingerprint density at radius 3 is 2.70 bits per heavy atom. The van der Waals surface area contributed by atoms with Crippen molar-refractivity contribution in [3.63, 3.8) is 0 Å². The summed E-state index contributed by atoms with van der Waals surface area (Å²) in [4.78, 5) is 12.0. The first-order valence-electron chi connectivity index (χ1n) is 9.52. The van der Waals surface area contributed by atoms with Gasteiger partial charge in [-0.3, -0.25) is 4.79 Å². The highest BCUT2D eigenvalue weighted by atomic mass is 35.5. The molecule has 0 spiro atoms. The molecule has 0 radical (unpaired) electrons.